The predicted octanol–water partition coefficient (Wildman–Crippen LogP) is 2.95. The lowest BCUT2D eigenvalue weighted by atomic mass is 10.1. The lowest BCUT2D eigenvalue weighted by Crippen LogP contribution is -2.23. The van der Waals surface area contributed by atoms with Gasteiger partial charge in [-0.3, -0.25) is 0 Å². The first-order valence-electron chi connectivity index (χ1n) is 6.68. The molecule has 102 valence electrons. The Morgan fingerprint density at radius 3 is 2.85 bits per heavy atom. The Hall–Kier alpha value is -2.54. The highest BCUT2D eigenvalue weighted by atomic mass is 15.1. The summed E-state index contributed by atoms with van der Waals surface area (Å²) in [5, 5.41) is 8.95. The molecular weight excluding hydrogens is 248 g/mol. The number of aromatic nitrogens is 1. The second kappa shape index (κ2) is 6.58. The van der Waals surface area contributed by atoms with Crippen molar-refractivity contribution in [1.29, 1.82) is 5.26 Å². The minimum absolute atomic E-state index is 0.441. The van der Waals surface area contributed by atoms with E-state index in [0.29, 0.717) is 5.69 Å². The fraction of sp³-hybridized carbons (Fsp3) is 0.250. The number of nitrogens with two attached hydrogens (primary N) is 1. The Morgan fingerprint density at radius 2 is 2.15 bits per heavy atom. The summed E-state index contributed by atoms with van der Waals surface area (Å²) in [5.74, 6) is 0. The topological polar surface area (TPSA) is 65.9 Å². The van der Waals surface area contributed by atoms with Crippen LogP contribution in [0, 0.1) is 11.3 Å². The van der Waals surface area contributed by atoms with Crippen LogP contribution < -0.4 is 10.6 Å². The molecule has 1 heterocycles. The largest absolute Gasteiger partial charge is 0.399 e. The van der Waals surface area contributed by atoms with E-state index in [9.17, 15) is 0 Å². The number of pyridine rings is 1. The van der Waals surface area contributed by atoms with Gasteiger partial charge in [0.15, 0.2) is 0 Å². The second-order valence-electron chi connectivity index (χ2n) is 4.68. The molecule has 0 amide bonds. The summed E-state index contributed by atoms with van der Waals surface area (Å²) in [6, 6.07) is 13.7. The normalized spacial score (nSPS) is 10.0. The van der Waals surface area contributed by atoms with Gasteiger partial charge in [-0.05, 0) is 36.2 Å². The highest BCUT2D eigenvalue weighted by Gasteiger charge is 2.08. The molecule has 1 aromatic carbocycles. The van der Waals surface area contributed by atoms with Crippen LogP contribution >= 0.6 is 0 Å². The molecule has 0 aliphatic rings. The monoisotopic (exact) mass is 266 g/mol. The van der Waals surface area contributed by atoms with Crippen LogP contribution in [0.5, 0.6) is 0 Å². The molecule has 1 aromatic heterocycles. The first-order chi connectivity index (χ1) is 9.72. The van der Waals surface area contributed by atoms with Crippen molar-refractivity contribution in [1.82, 2.24) is 4.98 Å². The number of hydrogen-bond donors (Lipinski definition) is 1. The van der Waals surface area contributed by atoms with Crippen LogP contribution in [-0.2, 0) is 6.54 Å². The maximum absolute atomic E-state index is 8.95. The van der Waals surface area contributed by atoms with Crippen LogP contribution in [0.15, 0.2) is 42.6 Å². The SMILES string of the molecule is CCCN(Cc1cccc(N)c1)c1ccnc(C#N)c1. The van der Waals surface area contributed by atoms with Crippen LogP contribution in [0.3, 0.4) is 0 Å². The Balaban J connectivity index is 2.24. The van der Waals surface area contributed by atoms with Crippen LogP contribution in [0.4, 0.5) is 11.4 Å². The van der Waals surface area contributed by atoms with Gasteiger partial charge >= 0.3 is 0 Å². The molecule has 0 radical (unpaired) electrons. The quantitative estimate of drug-likeness (QED) is 0.845. The highest BCUT2D eigenvalue weighted by Crippen LogP contribution is 2.19. The maximum atomic E-state index is 8.95. The standard InChI is InChI=1S/C16H18N4/c1-2-8-20(12-13-4-3-5-14(18)9-13)16-6-7-19-15(10-16)11-17/h3-7,9-10H,2,8,12,18H2,1H3. The number of nitrogens with zero attached hydrogens (tertiary/aromatic N) is 3. The molecule has 20 heavy (non-hydrogen) atoms. The summed E-state index contributed by atoms with van der Waals surface area (Å²) >= 11 is 0. The van der Waals surface area contributed by atoms with Gasteiger partial charge in [-0.15, -0.1) is 0 Å². The Kier molecular flexibility index (Phi) is 4.56. The maximum Gasteiger partial charge on any atom is 0.142 e. The first kappa shape index (κ1) is 13.9. The molecule has 2 rings (SSSR count). The first-order valence-corrected chi connectivity index (χ1v) is 6.68. The van der Waals surface area contributed by atoms with Gasteiger partial charge in [0.05, 0.1) is 0 Å². The van der Waals surface area contributed by atoms with Gasteiger partial charge in [-0.25, -0.2) is 4.98 Å². The van der Waals surface area contributed by atoms with Crippen LogP contribution in [0.1, 0.15) is 24.6 Å². The molecule has 4 heteroatoms. The van der Waals surface area contributed by atoms with E-state index in [-0.39, 0.29) is 0 Å². The third kappa shape index (κ3) is 3.48. The van der Waals surface area contributed by atoms with Gasteiger partial charge < -0.3 is 10.6 Å². The molecule has 0 spiro atoms. The molecule has 2 N–H and O–H groups in total. The zero-order valence-electron chi connectivity index (χ0n) is 11.6. The Morgan fingerprint density at radius 1 is 1.30 bits per heavy atom. The summed E-state index contributed by atoms with van der Waals surface area (Å²) in [6.45, 7) is 3.83. The highest BCUT2D eigenvalue weighted by molar-refractivity contribution is 5.50. The molecule has 0 fully saturated rings. The molecule has 4 nitrogen and oxygen atoms in total. The van der Waals surface area contributed by atoms with Crippen LogP contribution in [0.25, 0.3) is 0 Å². The minimum Gasteiger partial charge on any atom is -0.399 e. The van der Waals surface area contributed by atoms with Gasteiger partial charge in [0.2, 0.25) is 0 Å². The van der Waals surface area contributed by atoms with Crippen LogP contribution in [0.2, 0.25) is 0 Å². The average molecular weight is 266 g/mol. The molecule has 0 saturated carbocycles. The lowest BCUT2D eigenvalue weighted by Gasteiger charge is -2.24. The summed E-state index contributed by atoms with van der Waals surface area (Å²) in [7, 11) is 0. The average Bonchev–Trinajstić information content (AvgIpc) is 2.47. The Labute approximate surface area is 119 Å². The van der Waals surface area contributed by atoms with Crippen molar-refractivity contribution in [2.75, 3.05) is 17.2 Å². The number of anilines is 2. The van der Waals surface area contributed by atoms with Crippen molar-refractivity contribution in [3.63, 3.8) is 0 Å². The van der Waals surface area contributed by atoms with Gasteiger partial charge in [0.25, 0.3) is 0 Å². The molecule has 0 atom stereocenters. The van der Waals surface area contributed by atoms with Crippen molar-refractivity contribution in [3.05, 3.63) is 53.9 Å². The van der Waals surface area contributed by atoms with Crippen molar-refractivity contribution in [2.45, 2.75) is 19.9 Å². The summed E-state index contributed by atoms with van der Waals surface area (Å²) < 4.78 is 0. The minimum atomic E-state index is 0.441. The van der Waals surface area contributed by atoms with Crippen molar-refractivity contribution < 1.29 is 0 Å². The smallest absolute Gasteiger partial charge is 0.142 e. The number of rotatable bonds is 5. The van der Waals surface area contributed by atoms with E-state index in [2.05, 4.69) is 28.9 Å². The summed E-state index contributed by atoms with van der Waals surface area (Å²) in [4.78, 5) is 6.25. The van der Waals surface area contributed by atoms with E-state index < -0.39 is 0 Å². The molecule has 0 unspecified atom stereocenters. The van der Waals surface area contributed by atoms with E-state index in [1.54, 1.807) is 6.20 Å². The number of nitrogen functional groups attached to an aromatic ring is 1. The fourth-order valence-corrected chi connectivity index (χ4v) is 2.16. The Bertz CT molecular complexity index is 616. The van der Waals surface area contributed by atoms with E-state index in [1.165, 1.54) is 0 Å². The van der Waals surface area contributed by atoms with E-state index in [1.807, 2.05) is 30.3 Å². The van der Waals surface area contributed by atoms with E-state index >= 15 is 0 Å². The molecule has 0 saturated heterocycles. The lowest BCUT2D eigenvalue weighted by molar-refractivity contribution is 0.766. The zero-order valence-corrected chi connectivity index (χ0v) is 11.6. The van der Waals surface area contributed by atoms with Gasteiger partial charge in [-0.2, -0.15) is 5.26 Å². The molecule has 2 aromatic rings. The van der Waals surface area contributed by atoms with Gasteiger partial charge in [0, 0.05) is 30.7 Å². The third-order valence-corrected chi connectivity index (χ3v) is 3.04. The zero-order chi connectivity index (χ0) is 14.4. The van der Waals surface area contributed by atoms with Crippen molar-refractivity contribution in [3.8, 4) is 6.07 Å². The van der Waals surface area contributed by atoms with E-state index in [0.717, 1.165) is 36.4 Å². The molecular formula is C16H18N4. The molecule has 0 aliphatic carbocycles. The van der Waals surface area contributed by atoms with Gasteiger partial charge in [-0.1, -0.05) is 19.1 Å². The third-order valence-electron chi connectivity index (χ3n) is 3.04. The molecule has 0 bridgehead atoms. The fourth-order valence-electron chi connectivity index (χ4n) is 2.16. The predicted molar refractivity (Wildman–Crippen MR) is 81.1 cm³/mol. The van der Waals surface area contributed by atoms with Gasteiger partial charge in [0.1, 0.15) is 11.8 Å². The number of hydrogen-bond acceptors (Lipinski definition) is 4. The van der Waals surface area contributed by atoms with E-state index in [4.69, 9.17) is 11.0 Å². The number of nitriles is 1. The summed E-state index contributed by atoms with van der Waals surface area (Å²) in [5.41, 5.74) is 9.21. The van der Waals surface area contributed by atoms with Crippen molar-refractivity contribution >= 4 is 11.4 Å². The van der Waals surface area contributed by atoms with Crippen molar-refractivity contribution in [2.24, 2.45) is 0 Å². The molecule has 0 aliphatic heterocycles. The van der Waals surface area contributed by atoms with Crippen LogP contribution in [-0.4, -0.2) is 11.5 Å². The second-order valence-corrected chi connectivity index (χ2v) is 4.68. The number of benzene rings is 1. The summed E-state index contributed by atoms with van der Waals surface area (Å²) in [6.07, 6.45) is 2.71.